The fourth-order valence-electron chi connectivity index (χ4n) is 0.624. The van der Waals surface area contributed by atoms with Crippen molar-refractivity contribution >= 4 is 6.29 Å². The Bertz CT molecular complexity index is 132. The first-order valence-corrected chi connectivity index (χ1v) is 4.36. The van der Waals surface area contributed by atoms with Crippen molar-refractivity contribution < 1.29 is 9.53 Å². The Morgan fingerprint density at radius 2 is 2.00 bits per heavy atom. The van der Waals surface area contributed by atoms with Gasteiger partial charge >= 0.3 is 0 Å². The van der Waals surface area contributed by atoms with Crippen molar-refractivity contribution in [2.45, 2.75) is 25.7 Å². The Hall–Kier alpha value is -1.08. The molecule has 0 atom stereocenters. The topological polar surface area (TPSA) is 62.1 Å². The number of nitrogens with zero attached hydrogens (tertiary/aromatic N) is 1. The highest BCUT2D eigenvalue weighted by molar-refractivity contribution is 5.48. The number of hydrogen-bond acceptors (Lipinski definition) is 4. The smallest absolute Gasteiger partial charge is 0.286 e. The van der Waals surface area contributed by atoms with E-state index in [0.29, 0.717) is 13.0 Å². The lowest BCUT2D eigenvalue weighted by molar-refractivity contribution is -0.107. The Kier molecular flexibility index (Phi) is 19.0. The van der Waals surface area contributed by atoms with Crippen molar-refractivity contribution in [2.24, 2.45) is 0 Å². The van der Waals surface area contributed by atoms with Crippen LogP contribution in [0.5, 0.6) is 0 Å². The minimum Gasteiger partial charge on any atom is -0.428 e. The number of aldehydes is 1. The SMILES string of the molecule is CNC.N#COCCCCCC=O. The van der Waals surface area contributed by atoms with E-state index in [1.165, 1.54) is 0 Å². The third kappa shape index (κ3) is 24.8. The lowest BCUT2D eigenvalue weighted by atomic mass is 10.2. The molecule has 0 spiro atoms. The van der Waals surface area contributed by atoms with Gasteiger partial charge in [-0.05, 0) is 33.4 Å². The first kappa shape index (κ1) is 14.4. The summed E-state index contributed by atoms with van der Waals surface area (Å²) >= 11 is 0. The molecule has 0 saturated heterocycles. The van der Waals surface area contributed by atoms with Crippen LogP contribution in [0, 0.1) is 11.5 Å². The average molecular weight is 186 g/mol. The van der Waals surface area contributed by atoms with E-state index in [1.807, 2.05) is 14.1 Å². The van der Waals surface area contributed by atoms with Crippen LogP contribution in [0.1, 0.15) is 25.7 Å². The van der Waals surface area contributed by atoms with E-state index in [1.54, 1.807) is 6.26 Å². The zero-order chi connectivity index (χ0) is 10.4. The van der Waals surface area contributed by atoms with Gasteiger partial charge in [0.2, 0.25) is 0 Å². The molecule has 0 radical (unpaired) electrons. The van der Waals surface area contributed by atoms with Crippen LogP contribution in [0.2, 0.25) is 0 Å². The number of rotatable bonds is 6. The molecule has 0 bridgehead atoms. The minimum atomic E-state index is 0.482. The number of carbonyl (C=O) groups is 1. The van der Waals surface area contributed by atoms with Crippen molar-refractivity contribution in [3.8, 4) is 6.26 Å². The molecule has 0 aliphatic carbocycles. The summed E-state index contributed by atoms with van der Waals surface area (Å²) in [5.41, 5.74) is 0. The van der Waals surface area contributed by atoms with Gasteiger partial charge in [0.1, 0.15) is 12.9 Å². The molecule has 0 aliphatic rings. The summed E-state index contributed by atoms with van der Waals surface area (Å²) in [7, 11) is 3.75. The summed E-state index contributed by atoms with van der Waals surface area (Å²) in [6.45, 7) is 0.482. The summed E-state index contributed by atoms with van der Waals surface area (Å²) in [5, 5.41) is 10.7. The summed E-state index contributed by atoms with van der Waals surface area (Å²) < 4.78 is 4.43. The molecule has 0 unspecified atom stereocenters. The van der Waals surface area contributed by atoms with Crippen LogP contribution in [0.3, 0.4) is 0 Å². The quantitative estimate of drug-likeness (QED) is 0.383. The van der Waals surface area contributed by atoms with E-state index in [-0.39, 0.29) is 0 Å². The maximum absolute atomic E-state index is 9.81. The second-order valence-corrected chi connectivity index (χ2v) is 2.46. The molecule has 4 heteroatoms. The molecule has 1 N–H and O–H groups in total. The molecule has 0 fully saturated rings. The molecule has 0 amide bonds. The van der Waals surface area contributed by atoms with Gasteiger partial charge in [0.05, 0.1) is 0 Å². The van der Waals surface area contributed by atoms with Gasteiger partial charge in [-0.2, -0.15) is 5.26 Å². The van der Waals surface area contributed by atoms with Crippen LogP contribution in [-0.4, -0.2) is 27.0 Å². The molecule has 13 heavy (non-hydrogen) atoms. The molecule has 0 heterocycles. The Morgan fingerprint density at radius 1 is 1.38 bits per heavy atom. The zero-order valence-electron chi connectivity index (χ0n) is 8.38. The van der Waals surface area contributed by atoms with Crippen LogP contribution in [0.15, 0.2) is 0 Å². The second kappa shape index (κ2) is 17.1. The fourth-order valence-corrected chi connectivity index (χ4v) is 0.624. The standard InChI is InChI=1S/C7H11NO2.C2H7N/c8-7-10-6-4-2-1-3-5-9;1-3-2/h5H,1-4,6H2;3H,1-2H3. The minimum absolute atomic E-state index is 0.482. The predicted octanol–water partition coefficient (Wildman–Crippen LogP) is 1.08. The van der Waals surface area contributed by atoms with Crippen molar-refractivity contribution in [2.75, 3.05) is 20.7 Å². The molecule has 0 aromatic carbocycles. The maximum Gasteiger partial charge on any atom is 0.286 e. The molecule has 0 rings (SSSR count). The van der Waals surface area contributed by atoms with Crippen LogP contribution in [-0.2, 0) is 9.53 Å². The Morgan fingerprint density at radius 3 is 2.46 bits per heavy atom. The summed E-state index contributed by atoms with van der Waals surface area (Å²) in [6.07, 6.45) is 5.84. The summed E-state index contributed by atoms with van der Waals surface area (Å²) in [5.74, 6) is 0. The largest absolute Gasteiger partial charge is 0.428 e. The van der Waals surface area contributed by atoms with E-state index in [2.05, 4.69) is 10.1 Å². The predicted molar refractivity (Wildman–Crippen MR) is 51.1 cm³/mol. The molecule has 0 aromatic rings. The Labute approximate surface area is 79.9 Å². The van der Waals surface area contributed by atoms with Gasteiger partial charge in [-0.1, -0.05) is 0 Å². The van der Waals surface area contributed by atoms with Gasteiger partial charge in [-0.25, -0.2) is 0 Å². The second-order valence-electron chi connectivity index (χ2n) is 2.46. The molecule has 0 aliphatic heterocycles. The van der Waals surface area contributed by atoms with Crippen LogP contribution < -0.4 is 5.32 Å². The average Bonchev–Trinajstić information content (AvgIpc) is 2.13. The summed E-state index contributed by atoms with van der Waals surface area (Å²) in [6, 6.07) is 0. The highest BCUT2D eigenvalue weighted by Crippen LogP contribution is 1.97. The van der Waals surface area contributed by atoms with Gasteiger partial charge < -0.3 is 14.8 Å². The first-order valence-electron chi connectivity index (χ1n) is 4.36. The lowest BCUT2D eigenvalue weighted by Gasteiger charge is -1.94. The van der Waals surface area contributed by atoms with E-state index in [9.17, 15) is 4.79 Å². The van der Waals surface area contributed by atoms with Crippen LogP contribution >= 0.6 is 0 Å². The van der Waals surface area contributed by atoms with Crippen LogP contribution in [0.25, 0.3) is 0 Å². The molecular weight excluding hydrogens is 168 g/mol. The number of ether oxygens (including phenoxy) is 1. The van der Waals surface area contributed by atoms with Crippen molar-refractivity contribution in [1.82, 2.24) is 5.32 Å². The van der Waals surface area contributed by atoms with Gasteiger partial charge in [0.25, 0.3) is 6.26 Å². The maximum atomic E-state index is 9.81. The van der Waals surface area contributed by atoms with Gasteiger partial charge in [0, 0.05) is 6.42 Å². The number of unbranched alkanes of at least 4 members (excludes halogenated alkanes) is 3. The third-order valence-corrected chi connectivity index (χ3v) is 1.13. The highest BCUT2D eigenvalue weighted by Gasteiger charge is 1.87. The summed E-state index contributed by atoms with van der Waals surface area (Å²) in [4.78, 5) is 9.81. The number of nitriles is 1. The lowest BCUT2D eigenvalue weighted by Crippen LogP contribution is -1.89. The number of hydrogen-bond donors (Lipinski definition) is 1. The number of nitrogens with one attached hydrogen (secondary N) is 1. The van der Waals surface area contributed by atoms with Gasteiger partial charge in [-0.15, -0.1) is 0 Å². The number of carbonyl (C=O) groups excluding carboxylic acids is 1. The van der Waals surface area contributed by atoms with E-state index in [0.717, 1.165) is 25.5 Å². The first-order chi connectivity index (χ1) is 6.33. The van der Waals surface area contributed by atoms with Gasteiger partial charge in [0.15, 0.2) is 0 Å². The van der Waals surface area contributed by atoms with E-state index >= 15 is 0 Å². The monoisotopic (exact) mass is 186 g/mol. The normalized spacial score (nSPS) is 7.77. The zero-order valence-corrected chi connectivity index (χ0v) is 8.38. The molecular formula is C9H18N2O2. The third-order valence-electron chi connectivity index (χ3n) is 1.13. The fraction of sp³-hybridized carbons (Fsp3) is 0.778. The molecule has 0 saturated carbocycles. The Balaban J connectivity index is 0. The molecule has 4 nitrogen and oxygen atoms in total. The van der Waals surface area contributed by atoms with Crippen molar-refractivity contribution in [1.29, 1.82) is 5.26 Å². The van der Waals surface area contributed by atoms with E-state index in [4.69, 9.17) is 5.26 Å². The molecule has 0 aromatic heterocycles. The molecule has 76 valence electrons. The highest BCUT2D eigenvalue weighted by atomic mass is 16.5. The van der Waals surface area contributed by atoms with Crippen molar-refractivity contribution in [3.63, 3.8) is 0 Å². The van der Waals surface area contributed by atoms with Crippen molar-refractivity contribution in [3.05, 3.63) is 0 Å². The van der Waals surface area contributed by atoms with E-state index < -0.39 is 0 Å². The van der Waals surface area contributed by atoms with Gasteiger partial charge in [-0.3, -0.25) is 0 Å². The van der Waals surface area contributed by atoms with Crippen LogP contribution in [0.4, 0.5) is 0 Å².